The van der Waals surface area contributed by atoms with Gasteiger partial charge in [-0.1, -0.05) is 11.6 Å². The minimum Gasteiger partial charge on any atom is -0.337 e. The Balaban J connectivity index is 1.74. The molecule has 1 fully saturated rings. The standard InChI is InChI=1S/C18H17ClFN3O2/c19-14-11-13(4-5-15(14)20)22-17(24)12-6-7-21-16(10-12)18(25)23-8-2-1-3-9-23/h4-7,10-11H,1-3,8-9H2,(H,22,24). The van der Waals surface area contributed by atoms with Gasteiger partial charge in [-0.25, -0.2) is 4.39 Å². The molecule has 2 amide bonds. The van der Waals surface area contributed by atoms with Crippen LogP contribution in [0, 0.1) is 5.82 Å². The molecule has 130 valence electrons. The summed E-state index contributed by atoms with van der Waals surface area (Å²) < 4.78 is 13.2. The highest BCUT2D eigenvalue weighted by Crippen LogP contribution is 2.20. The maximum Gasteiger partial charge on any atom is 0.272 e. The largest absolute Gasteiger partial charge is 0.337 e. The first-order valence-electron chi connectivity index (χ1n) is 8.06. The lowest BCUT2D eigenvalue weighted by Gasteiger charge is -2.26. The van der Waals surface area contributed by atoms with E-state index in [1.54, 1.807) is 4.90 Å². The van der Waals surface area contributed by atoms with Gasteiger partial charge in [0.1, 0.15) is 11.5 Å². The smallest absolute Gasteiger partial charge is 0.272 e. The van der Waals surface area contributed by atoms with Crippen molar-refractivity contribution in [3.63, 3.8) is 0 Å². The number of pyridine rings is 1. The molecule has 3 rings (SSSR count). The van der Waals surface area contributed by atoms with Crippen LogP contribution in [-0.4, -0.2) is 34.8 Å². The van der Waals surface area contributed by atoms with E-state index in [1.165, 1.54) is 36.5 Å². The van der Waals surface area contributed by atoms with Crippen molar-refractivity contribution in [2.24, 2.45) is 0 Å². The molecule has 0 atom stereocenters. The van der Waals surface area contributed by atoms with Gasteiger partial charge in [0.15, 0.2) is 0 Å². The maximum atomic E-state index is 13.2. The van der Waals surface area contributed by atoms with Gasteiger partial charge < -0.3 is 10.2 Å². The highest BCUT2D eigenvalue weighted by Gasteiger charge is 2.20. The molecular formula is C18H17ClFN3O2. The van der Waals surface area contributed by atoms with E-state index in [0.29, 0.717) is 24.3 Å². The Labute approximate surface area is 149 Å². The number of aromatic nitrogens is 1. The molecule has 1 aromatic heterocycles. The van der Waals surface area contributed by atoms with Crippen LogP contribution in [0.1, 0.15) is 40.1 Å². The normalized spacial score (nSPS) is 14.2. The highest BCUT2D eigenvalue weighted by molar-refractivity contribution is 6.31. The number of rotatable bonds is 3. The lowest BCUT2D eigenvalue weighted by Crippen LogP contribution is -2.36. The van der Waals surface area contributed by atoms with Gasteiger partial charge in [-0.15, -0.1) is 0 Å². The van der Waals surface area contributed by atoms with Gasteiger partial charge in [-0.2, -0.15) is 0 Å². The van der Waals surface area contributed by atoms with Crippen LogP contribution in [0.5, 0.6) is 0 Å². The summed E-state index contributed by atoms with van der Waals surface area (Å²) in [5, 5.41) is 2.55. The van der Waals surface area contributed by atoms with Crippen molar-refractivity contribution in [1.29, 1.82) is 0 Å². The molecule has 1 aliphatic rings. The number of carbonyl (C=O) groups excluding carboxylic acids is 2. The third kappa shape index (κ3) is 4.14. The van der Waals surface area contributed by atoms with Crippen molar-refractivity contribution in [3.05, 3.63) is 58.6 Å². The van der Waals surface area contributed by atoms with Crippen LogP contribution >= 0.6 is 11.6 Å². The zero-order chi connectivity index (χ0) is 17.8. The summed E-state index contributed by atoms with van der Waals surface area (Å²) >= 11 is 5.71. The van der Waals surface area contributed by atoms with E-state index in [4.69, 9.17) is 11.6 Å². The molecule has 1 aliphatic heterocycles. The second kappa shape index (κ2) is 7.61. The molecule has 5 nitrogen and oxygen atoms in total. The number of hydrogen-bond donors (Lipinski definition) is 1. The van der Waals surface area contributed by atoms with Crippen LogP contribution in [0.3, 0.4) is 0 Å². The number of nitrogens with one attached hydrogen (secondary N) is 1. The van der Waals surface area contributed by atoms with Crippen molar-refractivity contribution in [1.82, 2.24) is 9.88 Å². The van der Waals surface area contributed by atoms with Crippen LogP contribution in [0.25, 0.3) is 0 Å². The number of piperidine rings is 1. The predicted molar refractivity (Wildman–Crippen MR) is 93.4 cm³/mol. The van der Waals surface area contributed by atoms with Gasteiger partial charge in [0, 0.05) is 30.5 Å². The number of carbonyl (C=O) groups is 2. The molecule has 7 heteroatoms. The minimum atomic E-state index is -0.557. The first-order chi connectivity index (χ1) is 12.0. The topological polar surface area (TPSA) is 62.3 Å². The van der Waals surface area contributed by atoms with E-state index in [1.807, 2.05) is 0 Å². The first-order valence-corrected chi connectivity index (χ1v) is 8.44. The number of amides is 2. The second-order valence-corrected chi connectivity index (χ2v) is 6.27. The molecule has 0 unspecified atom stereocenters. The summed E-state index contributed by atoms with van der Waals surface area (Å²) in [6.45, 7) is 1.43. The van der Waals surface area contributed by atoms with E-state index in [0.717, 1.165) is 19.3 Å². The Morgan fingerprint density at radius 2 is 1.88 bits per heavy atom. The Morgan fingerprint density at radius 3 is 2.60 bits per heavy atom. The Morgan fingerprint density at radius 1 is 1.12 bits per heavy atom. The third-order valence-corrected chi connectivity index (χ3v) is 4.35. The number of anilines is 1. The van der Waals surface area contributed by atoms with Crippen molar-refractivity contribution in [2.75, 3.05) is 18.4 Å². The van der Waals surface area contributed by atoms with E-state index < -0.39 is 11.7 Å². The molecule has 1 aromatic carbocycles. The molecular weight excluding hydrogens is 345 g/mol. The number of halogens is 2. The van der Waals surface area contributed by atoms with Crippen molar-refractivity contribution in [2.45, 2.75) is 19.3 Å². The summed E-state index contributed by atoms with van der Waals surface area (Å²) in [4.78, 5) is 30.7. The van der Waals surface area contributed by atoms with Gasteiger partial charge in [0.25, 0.3) is 11.8 Å². The van der Waals surface area contributed by atoms with Gasteiger partial charge in [0.2, 0.25) is 0 Å². The summed E-state index contributed by atoms with van der Waals surface area (Å²) in [5.74, 6) is -1.14. The SMILES string of the molecule is O=C(Nc1ccc(F)c(Cl)c1)c1ccnc(C(=O)N2CCCCC2)c1. The number of benzene rings is 1. The van der Waals surface area contributed by atoms with Crippen LogP contribution in [0.2, 0.25) is 5.02 Å². The average molecular weight is 362 g/mol. The van der Waals surface area contributed by atoms with Gasteiger partial charge in [-0.3, -0.25) is 14.6 Å². The molecule has 1 N–H and O–H groups in total. The van der Waals surface area contributed by atoms with Crippen molar-refractivity contribution < 1.29 is 14.0 Å². The summed E-state index contributed by atoms with van der Waals surface area (Å²) in [5.41, 5.74) is 0.916. The molecule has 25 heavy (non-hydrogen) atoms. The zero-order valence-corrected chi connectivity index (χ0v) is 14.2. The molecule has 2 heterocycles. The van der Waals surface area contributed by atoms with Gasteiger partial charge in [0.05, 0.1) is 5.02 Å². The maximum absolute atomic E-state index is 13.2. The quantitative estimate of drug-likeness (QED) is 0.905. The molecule has 0 saturated carbocycles. The van der Waals surface area contributed by atoms with E-state index in [2.05, 4.69) is 10.3 Å². The average Bonchev–Trinajstić information content (AvgIpc) is 2.65. The number of likely N-dealkylation sites (tertiary alicyclic amines) is 1. The fraction of sp³-hybridized carbons (Fsp3) is 0.278. The Hall–Kier alpha value is -2.47. The fourth-order valence-corrected chi connectivity index (χ4v) is 2.91. The zero-order valence-electron chi connectivity index (χ0n) is 13.5. The number of hydrogen-bond acceptors (Lipinski definition) is 3. The molecule has 0 radical (unpaired) electrons. The van der Waals surface area contributed by atoms with Crippen LogP contribution in [-0.2, 0) is 0 Å². The molecule has 0 bridgehead atoms. The van der Waals surface area contributed by atoms with E-state index >= 15 is 0 Å². The van der Waals surface area contributed by atoms with Crippen molar-refractivity contribution in [3.8, 4) is 0 Å². The Bertz CT molecular complexity index is 807. The van der Waals surface area contributed by atoms with Crippen molar-refractivity contribution >= 4 is 29.1 Å². The molecule has 2 aromatic rings. The van der Waals surface area contributed by atoms with Gasteiger partial charge in [-0.05, 0) is 49.6 Å². The summed E-state index contributed by atoms with van der Waals surface area (Å²) in [6, 6.07) is 6.91. The highest BCUT2D eigenvalue weighted by atomic mass is 35.5. The Kier molecular flexibility index (Phi) is 5.28. The lowest BCUT2D eigenvalue weighted by atomic mass is 10.1. The van der Waals surface area contributed by atoms with E-state index in [-0.39, 0.29) is 16.6 Å². The van der Waals surface area contributed by atoms with E-state index in [9.17, 15) is 14.0 Å². The van der Waals surface area contributed by atoms with Crippen LogP contribution in [0.15, 0.2) is 36.5 Å². The molecule has 0 aliphatic carbocycles. The minimum absolute atomic E-state index is 0.0755. The monoisotopic (exact) mass is 361 g/mol. The van der Waals surface area contributed by atoms with Crippen LogP contribution < -0.4 is 5.32 Å². The molecule has 1 saturated heterocycles. The summed E-state index contributed by atoms with van der Waals surface area (Å²) in [6.07, 6.45) is 4.53. The fourth-order valence-electron chi connectivity index (χ4n) is 2.72. The first kappa shape index (κ1) is 17.4. The van der Waals surface area contributed by atoms with Gasteiger partial charge >= 0.3 is 0 Å². The second-order valence-electron chi connectivity index (χ2n) is 5.87. The third-order valence-electron chi connectivity index (χ3n) is 4.06. The molecule has 0 spiro atoms. The number of nitrogens with zero attached hydrogens (tertiary/aromatic N) is 2. The lowest BCUT2D eigenvalue weighted by molar-refractivity contribution is 0.0718. The summed E-state index contributed by atoms with van der Waals surface area (Å²) in [7, 11) is 0. The van der Waals surface area contributed by atoms with Crippen LogP contribution in [0.4, 0.5) is 10.1 Å². The predicted octanol–water partition coefficient (Wildman–Crippen LogP) is 3.75.